The molecule has 0 unspecified atom stereocenters. The van der Waals surface area contributed by atoms with Crippen molar-refractivity contribution in [2.45, 2.75) is 25.3 Å². The fourth-order valence-corrected chi connectivity index (χ4v) is 1.87. The Morgan fingerprint density at radius 1 is 1.42 bits per heavy atom. The molecule has 19 heavy (non-hydrogen) atoms. The molecule has 0 atom stereocenters. The highest BCUT2D eigenvalue weighted by atomic mass is 35.5. The summed E-state index contributed by atoms with van der Waals surface area (Å²) in [5.41, 5.74) is 0.395. The lowest BCUT2D eigenvalue weighted by molar-refractivity contribution is 0.0882. The van der Waals surface area contributed by atoms with Crippen molar-refractivity contribution < 1.29 is 9.21 Å². The van der Waals surface area contributed by atoms with Gasteiger partial charge in [0.15, 0.2) is 5.76 Å². The van der Waals surface area contributed by atoms with E-state index in [-0.39, 0.29) is 17.5 Å². The minimum absolute atomic E-state index is 0.249. The van der Waals surface area contributed by atoms with Gasteiger partial charge in [-0.25, -0.2) is 0 Å². The van der Waals surface area contributed by atoms with E-state index in [0.717, 1.165) is 5.56 Å². The van der Waals surface area contributed by atoms with Crippen LogP contribution < -0.4 is 5.32 Å². The Morgan fingerprint density at radius 2 is 2.21 bits per heavy atom. The smallest absolute Gasteiger partial charge is 0.287 e. The Kier molecular flexibility index (Phi) is 3.90. The molecule has 0 spiro atoms. The predicted molar refractivity (Wildman–Crippen MR) is 73.0 cm³/mol. The van der Waals surface area contributed by atoms with E-state index in [1.54, 1.807) is 24.5 Å². The molecule has 2 aromatic rings. The predicted octanol–water partition coefficient (Wildman–Crippen LogP) is 3.08. The van der Waals surface area contributed by atoms with Crippen molar-refractivity contribution in [3.63, 3.8) is 0 Å². The summed E-state index contributed by atoms with van der Waals surface area (Å²) in [4.78, 5) is 16.2. The third-order valence-electron chi connectivity index (χ3n) is 2.83. The van der Waals surface area contributed by atoms with Crippen molar-refractivity contribution in [1.82, 2.24) is 10.3 Å². The van der Waals surface area contributed by atoms with Crippen LogP contribution in [0.1, 0.15) is 35.7 Å². The van der Waals surface area contributed by atoms with Crippen molar-refractivity contribution in [2.75, 3.05) is 0 Å². The quantitative estimate of drug-likeness (QED) is 0.875. The molecular weight excluding hydrogens is 264 g/mol. The molecule has 0 saturated carbocycles. The zero-order valence-electron chi connectivity index (χ0n) is 10.8. The molecule has 1 N–H and O–H groups in total. The molecule has 5 heteroatoms. The average Bonchev–Trinajstić information content (AvgIpc) is 2.88. The number of aromatic nitrogens is 1. The lowest BCUT2D eigenvalue weighted by atomic mass is 9.96. The van der Waals surface area contributed by atoms with E-state index in [9.17, 15) is 4.79 Å². The molecule has 0 radical (unpaired) electrons. The van der Waals surface area contributed by atoms with Crippen molar-refractivity contribution >= 4 is 17.5 Å². The Bertz CT molecular complexity index is 564. The van der Waals surface area contributed by atoms with Gasteiger partial charge in [0.1, 0.15) is 5.76 Å². The van der Waals surface area contributed by atoms with Crippen molar-refractivity contribution in [3.05, 3.63) is 53.7 Å². The van der Waals surface area contributed by atoms with E-state index < -0.39 is 5.54 Å². The van der Waals surface area contributed by atoms with Crippen LogP contribution in [0.4, 0.5) is 0 Å². The van der Waals surface area contributed by atoms with E-state index in [4.69, 9.17) is 16.0 Å². The van der Waals surface area contributed by atoms with Gasteiger partial charge >= 0.3 is 0 Å². The molecule has 0 fully saturated rings. The van der Waals surface area contributed by atoms with Gasteiger partial charge in [0.25, 0.3) is 5.91 Å². The molecule has 2 rings (SSSR count). The number of rotatable bonds is 4. The highest BCUT2D eigenvalue weighted by Gasteiger charge is 2.25. The van der Waals surface area contributed by atoms with Crippen molar-refractivity contribution in [3.8, 4) is 0 Å². The summed E-state index contributed by atoms with van der Waals surface area (Å²) in [5.74, 6) is 0.808. The standard InChI is InChI=1S/C14H15ClN2O2/c1-14(2,10-4-3-7-16-9-10)17-13(18)12-6-5-11(8-15)19-12/h3-7,9H,8H2,1-2H3,(H,17,18). The Balaban J connectivity index is 2.14. The SMILES string of the molecule is CC(C)(NC(=O)c1ccc(CCl)o1)c1cccnc1. The first-order valence-corrected chi connectivity index (χ1v) is 6.44. The van der Waals surface area contributed by atoms with Crippen LogP contribution in [0.25, 0.3) is 0 Å². The summed E-state index contributed by atoms with van der Waals surface area (Å²) in [6, 6.07) is 7.06. The lowest BCUT2D eigenvalue weighted by Crippen LogP contribution is -2.40. The summed E-state index contributed by atoms with van der Waals surface area (Å²) < 4.78 is 5.32. The summed E-state index contributed by atoms with van der Waals surface area (Å²) >= 11 is 5.64. The van der Waals surface area contributed by atoms with Gasteiger partial charge in [0.2, 0.25) is 0 Å². The van der Waals surface area contributed by atoms with Gasteiger partial charge in [-0.05, 0) is 37.6 Å². The molecule has 2 aromatic heterocycles. The van der Waals surface area contributed by atoms with E-state index in [1.807, 2.05) is 26.0 Å². The third-order valence-corrected chi connectivity index (χ3v) is 3.09. The Hall–Kier alpha value is -1.81. The van der Waals surface area contributed by atoms with Crippen LogP contribution in [-0.4, -0.2) is 10.9 Å². The Labute approximate surface area is 116 Å². The number of pyridine rings is 1. The first-order chi connectivity index (χ1) is 9.03. The third kappa shape index (κ3) is 3.15. The summed E-state index contributed by atoms with van der Waals surface area (Å²) in [6.45, 7) is 3.82. The van der Waals surface area contributed by atoms with Gasteiger partial charge in [0, 0.05) is 12.4 Å². The monoisotopic (exact) mass is 278 g/mol. The van der Waals surface area contributed by atoms with Gasteiger partial charge in [-0.15, -0.1) is 11.6 Å². The second-order valence-corrected chi connectivity index (χ2v) is 4.99. The maximum absolute atomic E-state index is 12.1. The number of alkyl halides is 1. The number of carbonyl (C=O) groups is 1. The second-order valence-electron chi connectivity index (χ2n) is 4.72. The van der Waals surface area contributed by atoms with Crippen LogP contribution in [0.15, 0.2) is 41.1 Å². The number of amides is 1. The average molecular weight is 279 g/mol. The van der Waals surface area contributed by atoms with Crippen LogP contribution in [0.5, 0.6) is 0 Å². The number of halogens is 1. The summed E-state index contributed by atoms with van der Waals surface area (Å²) in [6.07, 6.45) is 3.42. The molecule has 100 valence electrons. The fraction of sp³-hybridized carbons (Fsp3) is 0.286. The van der Waals surface area contributed by atoms with Gasteiger partial charge in [-0.3, -0.25) is 9.78 Å². The zero-order chi connectivity index (χ0) is 13.9. The number of furan rings is 1. The van der Waals surface area contributed by atoms with Gasteiger partial charge in [0.05, 0.1) is 11.4 Å². The normalized spacial score (nSPS) is 11.3. The zero-order valence-corrected chi connectivity index (χ0v) is 11.6. The van der Waals surface area contributed by atoms with Crippen molar-refractivity contribution in [1.29, 1.82) is 0 Å². The lowest BCUT2D eigenvalue weighted by Gasteiger charge is -2.25. The van der Waals surface area contributed by atoms with Gasteiger partial charge in [-0.2, -0.15) is 0 Å². The number of carbonyl (C=O) groups excluding carboxylic acids is 1. The van der Waals surface area contributed by atoms with Crippen LogP contribution in [0.2, 0.25) is 0 Å². The van der Waals surface area contributed by atoms with Gasteiger partial charge in [-0.1, -0.05) is 6.07 Å². The van der Waals surface area contributed by atoms with E-state index in [0.29, 0.717) is 5.76 Å². The highest BCUT2D eigenvalue weighted by molar-refractivity contribution is 6.16. The van der Waals surface area contributed by atoms with Crippen LogP contribution >= 0.6 is 11.6 Å². The molecule has 0 aliphatic heterocycles. The summed E-state index contributed by atoms with van der Waals surface area (Å²) in [7, 11) is 0. The molecule has 0 aliphatic rings. The first kappa shape index (κ1) is 13.6. The van der Waals surface area contributed by atoms with E-state index in [1.165, 1.54) is 0 Å². The minimum atomic E-state index is -0.529. The molecule has 0 saturated heterocycles. The van der Waals surface area contributed by atoms with Crippen LogP contribution in [0, 0.1) is 0 Å². The van der Waals surface area contributed by atoms with E-state index in [2.05, 4.69) is 10.3 Å². The van der Waals surface area contributed by atoms with Crippen LogP contribution in [-0.2, 0) is 11.4 Å². The largest absolute Gasteiger partial charge is 0.455 e. The molecule has 0 bridgehead atoms. The topological polar surface area (TPSA) is 55.1 Å². The second kappa shape index (κ2) is 5.45. The maximum atomic E-state index is 12.1. The number of nitrogens with one attached hydrogen (secondary N) is 1. The summed E-state index contributed by atoms with van der Waals surface area (Å²) in [5, 5.41) is 2.91. The molecule has 1 amide bonds. The highest BCUT2D eigenvalue weighted by Crippen LogP contribution is 2.20. The maximum Gasteiger partial charge on any atom is 0.287 e. The molecule has 0 aromatic carbocycles. The van der Waals surface area contributed by atoms with Crippen LogP contribution in [0.3, 0.4) is 0 Å². The molecule has 2 heterocycles. The molecule has 4 nitrogen and oxygen atoms in total. The van der Waals surface area contributed by atoms with E-state index >= 15 is 0 Å². The number of hydrogen-bond donors (Lipinski definition) is 1. The number of hydrogen-bond acceptors (Lipinski definition) is 3. The molecular formula is C14H15ClN2O2. The number of nitrogens with zero attached hydrogens (tertiary/aromatic N) is 1. The van der Waals surface area contributed by atoms with Gasteiger partial charge < -0.3 is 9.73 Å². The Morgan fingerprint density at radius 3 is 2.79 bits per heavy atom. The molecule has 0 aliphatic carbocycles. The first-order valence-electron chi connectivity index (χ1n) is 5.90. The van der Waals surface area contributed by atoms with Crippen molar-refractivity contribution in [2.24, 2.45) is 0 Å². The fourth-order valence-electron chi connectivity index (χ4n) is 1.72. The minimum Gasteiger partial charge on any atom is -0.455 e.